The van der Waals surface area contributed by atoms with E-state index in [1.54, 1.807) is 23.9 Å². The molecule has 1 heterocycles. The minimum atomic E-state index is -0.136. The number of benzene rings is 3. The summed E-state index contributed by atoms with van der Waals surface area (Å²) in [5.74, 6) is 2.00. The Kier molecular flexibility index (Phi) is 6.53. The van der Waals surface area contributed by atoms with Crippen molar-refractivity contribution in [3.8, 4) is 11.5 Å². The maximum atomic E-state index is 12.6. The van der Waals surface area contributed by atoms with Gasteiger partial charge in [0.1, 0.15) is 5.76 Å². The number of aromatic nitrogens is 1. The van der Waals surface area contributed by atoms with Crippen LogP contribution in [0.4, 0.5) is 5.69 Å². The Morgan fingerprint density at radius 2 is 1.77 bits per heavy atom. The fourth-order valence-corrected chi connectivity index (χ4v) is 4.11. The minimum Gasteiger partial charge on any atom is -0.441 e. The van der Waals surface area contributed by atoms with E-state index in [0.29, 0.717) is 11.5 Å². The Morgan fingerprint density at radius 3 is 2.52 bits per heavy atom. The number of aryl methyl sites for hydroxylation is 2. The van der Waals surface area contributed by atoms with Gasteiger partial charge in [-0.05, 0) is 67.4 Å². The Labute approximate surface area is 186 Å². The van der Waals surface area contributed by atoms with Gasteiger partial charge in [0.15, 0.2) is 0 Å². The van der Waals surface area contributed by atoms with Gasteiger partial charge in [-0.25, -0.2) is 4.98 Å². The van der Waals surface area contributed by atoms with Crippen LogP contribution in [0.2, 0.25) is 0 Å². The number of nitrogens with one attached hydrogen (secondary N) is 1. The molecule has 0 fully saturated rings. The second-order valence-electron chi connectivity index (χ2n) is 7.21. The molecule has 1 N–H and O–H groups in total. The van der Waals surface area contributed by atoms with Crippen molar-refractivity contribution in [1.82, 2.24) is 4.98 Å². The fraction of sp³-hybridized carbons (Fsp3) is 0.154. The zero-order valence-corrected chi connectivity index (χ0v) is 18.4. The molecule has 4 rings (SSSR count). The van der Waals surface area contributed by atoms with Gasteiger partial charge < -0.3 is 9.73 Å². The van der Waals surface area contributed by atoms with Crippen molar-refractivity contribution in [2.24, 2.45) is 0 Å². The molecule has 3 aromatic carbocycles. The van der Waals surface area contributed by atoms with E-state index in [1.165, 1.54) is 10.5 Å². The molecule has 0 saturated heterocycles. The largest absolute Gasteiger partial charge is 0.441 e. The second kappa shape index (κ2) is 9.67. The monoisotopic (exact) mass is 428 g/mol. The van der Waals surface area contributed by atoms with Crippen LogP contribution in [0.25, 0.3) is 11.5 Å². The third-order valence-corrected chi connectivity index (χ3v) is 6.02. The Morgan fingerprint density at radius 1 is 1.00 bits per heavy atom. The zero-order valence-electron chi connectivity index (χ0n) is 17.6. The molecule has 1 amide bonds. The number of amides is 1. The summed E-state index contributed by atoms with van der Waals surface area (Å²) in [6.07, 6.45) is 0.930. The highest BCUT2D eigenvalue weighted by Crippen LogP contribution is 2.27. The summed E-state index contributed by atoms with van der Waals surface area (Å²) in [7, 11) is 0. The lowest BCUT2D eigenvalue weighted by molar-refractivity contribution is 0.102. The first-order valence-corrected chi connectivity index (χ1v) is 11.3. The third kappa shape index (κ3) is 5.25. The summed E-state index contributed by atoms with van der Waals surface area (Å²) in [6.45, 7) is 4.03. The van der Waals surface area contributed by atoms with E-state index < -0.39 is 0 Å². The van der Waals surface area contributed by atoms with Gasteiger partial charge in [-0.1, -0.05) is 37.3 Å². The molecule has 31 heavy (non-hydrogen) atoms. The van der Waals surface area contributed by atoms with Crippen LogP contribution in [0.3, 0.4) is 0 Å². The van der Waals surface area contributed by atoms with E-state index >= 15 is 0 Å². The van der Waals surface area contributed by atoms with E-state index in [1.807, 2.05) is 55.5 Å². The minimum absolute atomic E-state index is 0.136. The molecular weight excluding hydrogens is 404 g/mol. The average molecular weight is 429 g/mol. The molecule has 4 aromatic rings. The van der Waals surface area contributed by atoms with E-state index in [4.69, 9.17) is 4.42 Å². The van der Waals surface area contributed by atoms with Crippen LogP contribution < -0.4 is 5.32 Å². The molecule has 156 valence electrons. The molecule has 0 atom stereocenters. The van der Waals surface area contributed by atoms with Crippen molar-refractivity contribution >= 4 is 23.4 Å². The zero-order chi connectivity index (χ0) is 21.6. The van der Waals surface area contributed by atoms with Crippen LogP contribution in [0, 0.1) is 6.92 Å². The first-order valence-electron chi connectivity index (χ1n) is 10.3. The maximum Gasteiger partial charge on any atom is 0.255 e. The van der Waals surface area contributed by atoms with Gasteiger partial charge in [0.05, 0.1) is 5.69 Å². The molecule has 1 aromatic heterocycles. The topological polar surface area (TPSA) is 55.1 Å². The SMILES string of the molecule is CCc1cccc(NC(=O)c2ccc(-c3nc(CSc4ccccc4)c(C)o3)cc2)c1. The third-order valence-electron chi connectivity index (χ3n) is 5.00. The average Bonchev–Trinajstić information content (AvgIpc) is 3.19. The number of nitrogens with zero attached hydrogens (tertiary/aromatic N) is 1. The Bertz CT molecular complexity index is 1170. The van der Waals surface area contributed by atoms with Gasteiger partial charge in [-0.2, -0.15) is 0 Å². The van der Waals surface area contributed by atoms with Crippen molar-refractivity contribution in [1.29, 1.82) is 0 Å². The Balaban J connectivity index is 1.43. The molecule has 0 aliphatic heterocycles. The predicted octanol–water partition coefficient (Wildman–Crippen LogP) is 6.76. The van der Waals surface area contributed by atoms with Gasteiger partial charge >= 0.3 is 0 Å². The summed E-state index contributed by atoms with van der Waals surface area (Å²) in [4.78, 5) is 18.5. The van der Waals surface area contributed by atoms with E-state index in [2.05, 4.69) is 35.4 Å². The van der Waals surface area contributed by atoms with Gasteiger partial charge in [-0.15, -0.1) is 11.8 Å². The summed E-state index contributed by atoms with van der Waals surface area (Å²) >= 11 is 1.73. The highest BCUT2D eigenvalue weighted by molar-refractivity contribution is 7.98. The van der Waals surface area contributed by atoms with Crippen LogP contribution in [0.15, 0.2) is 88.2 Å². The first kappa shape index (κ1) is 20.9. The highest BCUT2D eigenvalue weighted by atomic mass is 32.2. The van der Waals surface area contributed by atoms with Crippen molar-refractivity contribution in [2.75, 3.05) is 5.32 Å². The maximum absolute atomic E-state index is 12.6. The molecule has 4 nitrogen and oxygen atoms in total. The van der Waals surface area contributed by atoms with Gasteiger partial charge in [0.2, 0.25) is 5.89 Å². The quantitative estimate of drug-likeness (QED) is 0.331. The number of oxazole rings is 1. The number of rotatable bonds is 7. The lowest BCUT2D eigenvalue weighted by Gasteiger charge is -2.07. The normalized spacial score (nSPS) is 10.8. The molecule has 0 saturated carbocycles. The van der Waals surface area contributed by atoms with Crippen LogP contribution in [-0.2, 0) is 12.2 Å². The Hall–Kier alpha value is -3.31. The number of hydrogen-bond acceptors (Lipinski definition) is 4. The first-order chi connectivity index (χ1) is 15.1. The van der Waals surface area contributed by atoms with Crippen molar-refractivity contribution in [3.05, 3.63) is 101 Å². The number of anilines is 1. The second-order valence-corrected chi connectivity index (χ2v) is 8.26. The lowest BCUT2D eigenvalue weighted by atomic mass is 10.1. The number of hydrogen-bond donors (Lipinski definition) is 1. The summed E-state index contributed by atoms with van der Waals surface area (Å²) in [5, 5.41) is 2.96. The molecule has 0 radical (unpaired) electrons. The molecule has 0 spiro atoms. The summed E-state index contributed by atoms with van der Waals surface area (Å²) < 4.78 is 5.89. The summed E-state index contributed by atoms with van der Waals surface area (Å²) in [5.41, 5.74) is 4.37. The molecule has 0 unspecified atom stereocenters. The fourth-order valence-electron chi connectivity index (χ4n) is 3.19. The molecule has 5 heteroatoms. The molecular formula is C26H24N2O2S. The van der Waals surface area contributed by atoms with Crippen LogP contribution >= 0.6 is 11.8 Å². The lowest BCUT2D eigenvalue weighted by Crippen LogP contribution is -2.11. The number of carbonyl (C=O) groups excluding carboxylic acids is 1. The predicted molar refractivity (Wildman–Crippen MR) is 126 cm³/mol. The van der Waals surface area contributed by atoms with Gasteiger partial charge in [-0.3, -0.25) is 4.79 Å². The van der Waals surface area contributed by atoms with Crippen LogP contribution in [-0.4, -0.2) is 10.9 Å². The van der Waals surface area contributed by atoms with E-state index in [0.717, 1.165) is 34.9 Å². The standard InChI is InChI=1S/C26H24N2O2S/c1-3-19-8-7-9-22(16-19)27-25(29)20-12-14-21(15-13-20)26-28-24(18(2)30-26)17-31-23-10-5-4-6-11-23/h4-16H,3,17H2,1-2H3,(H,27,29). The van der Waals surface area contributed by atoms with Gasteiger partial charge in [0.25, 0.3) is 5.91 Å². The van der Waals surface area contributed by atoms with E-state index in [-0.39, 0.29) is 5.91 Å². The number of carbonyl (C=O) groups is 1. The highest BCUT2D eigenvalue weighted by Gasteiger charge is 2.13. The van der Waals surface area contributed by atoms with Crippen molar-refractivity contribution < 1.29 is 9.21 Å². The van der Waals surface area contributed by atoms with Crippen molar-refractivity contribution in [2.45, 2.75) is 30.9 Å². The summed E-state index contributed by atoms with van der Waals surface area (Å²) in [6, 6.07) is 25.5. The van der Waals surface area contributed by atoms with Crippen LogP contribution in [0.1, 0.15) is 34.3 Å². The molecule has 0 aliphatic rings. The van der Waals surface area contributed by atoms with Crippen molar-refractivity contribution in [3.63, 3.8) is 0 Å². The van der Waals surface area contributed by atoms with E-state index in [9.17, 15) is 4.79 Å². The van der Waals surface area contributed by atoms with Gasteiger partial charge in [0, 0.05) is 27.5 Å². The number of thioether (sulfide) groups is 1. The smallest absolute Gasteiger partial charge is 0.255 e. The molecule has 0 aliphatic carbocycles. The molecule has 0 bridgehead atoms. The van der Waals surface area contributed by atoms with Crippen LogP contribution in [0.5, 0.6) is 0 Å².